The number of ketones is 1. The monoisotopic (exact) mass is 535 g/mol. The lowest BCUT2D eigenvalue weighted by Gasteiger charge is -2.47. The summed E-state index contributed by atoms with van der Waals surface area (Å²) in [5.74, 6) is -0.372. The molecule has 39 heavy (non-hydrogen) atoms. The number of fused-ring (bicyclic) bond motifs is 2. The number of hydrogen-bond acceptors (Lipinski definition) is 5. The van der Waals surface area contributed by atoms with Crippen molar-refractivity contribution in [3.63, 3.8) is 0 Å². The van der Waals surface area contributed by atoms with Crippen LogP contribution in [0.5, 0.6) is 0 Å². The molecule has 4 rings (SSSR count). The van der Waals surface area contributed by atoms with Crippen molar-refractivity contribution in [2.45, 2.75) is 64.3 Å². The Balaban J connectivity index is 1.45. The minimum absolute atomic E-state index is 0.0676. The Bertz CT molecular complexity index is 1220. The Labute approximate surface area is 230 Å². The number of nitrogens with one attached hydrogen (secondary N) is 3. The Morgan fingerprint density at radius 2 is 2.00 bits per heavy atom. The second-order valence-electron chi connectivity index (χ2n) is 10.7. The van der Waals surface area contributed by atoms with E-state index in [2.05, 4.69) is 51.5 Å². The first-order valence-corrected chi connectivity index (χ1v) is 14.1. The molecule has 9 nitrogen and oxygen atoms in total. The number of nitrogens with zero attached hydrogens (tertiary/aromatic N) is 2. The molecule has 1 aliphatic heterocycles. The molecule has 1 aromatic heterocycles. The van der Waals surface area contributed by atoms with Crippen LogP contribution >= 0.6 is 0 Å². The Hall–Kier alpha value is -3.46. The molecular formula is C30H41N5O4. The van der Waals surface area contributed by atoms with Gasteiger partial charge in [-0.2, -0.15) is 0 Å². The van der Waals surface area contributed by atoms with E-state index in [0.29, 0.717) is 51.9 Å². The largest absolute Gasteiger partial charge is 0.361 e. The summed E-state index contributed by atoms with van der Waals surface area (Å²) >= 11 is 0. The number of Topliss-reactive ketones (excluding diaryl/α,β-unsaturated/α-hetero) is 1. The number of aromatic amines is 1. The maximum Gasteiger partial charge on any atom is 0.324 e. The van der Waals surface area contributed by atoms with Crippen molar-refractivity contribution in [3.8, 4) is 0 Å². The van der Waals surface area contributed by atoms with Crippen molar-refractivity contribution in [1.82, 2.24) is 25.4 Å². The molecule has 1 aliphatic carbocycles. The molecule has 210 valence electrons. The number of H-pyrrole nitrogens is 1. The van der Waals surface area contributed by atoms with Crippen molar-refractivity contribution in [2.24, 2.45) is 5.92 Å². The Morgan fingerprint density at radius 1 is 1.18 bits per heavy atom. The third kappa shape index (κ3) is 6.58. The highest BCUT2D eigenvalue weighted by atomic mass is 16.2. The van der Waals surface area contributed by atoms with Crippen LogP contribution in [-0.2, 0) is 20.8 Å². The number of imide groups is 1. The van der Waals surface area contributed by atoms with E-state index in [0.717, 1.165) is 11.9 Å². The lowest BCUT2D eigenvalue weighted by atomic mass is 9.72. The standard InChI is InChI=1S/C30H41N5O4/c1-4-14-34-19-22(16-24-23-10-7-11-25-28(23)21(18-33-25)17-26(24)34)29(38)35(30(39)31-5-2)15-8-13-32-27(37)12-6-9-20(3)36/h4,7,10-11,18,22,24,26,33H,1,5-6,8-9,12-17,19H2,2-3H3,(H,31,39)(H,32,37)/t22-,24-,26-/m1/s1. The van der Waals surface area contributed by atoms with Gasteiger partial charge < -0.3 is 20.4 Å². The van der Waals surface area contributed by atoms with Gasteiger partial charge in [-0.3, -0.25) is 19.4 Å². The van der Waals surface area contributed by atoms with Crippen LogP contribution in [0.2, 0.25) is 0 Å². The number of rotatable bonds is 12. The van der Waals surface area contributed by atoms with E-state index < -0.39 is 6.03 Å². The molecule has 1 aromatic carbocycles. The number of carbonyl (C=O) groups excluding carboxylic acids is 4. The van der Waals surface area contributed by atoms with Gasteiger partial charge in [-0.05, 0) is 56.7 Å². The maximum absolute atomic E-state index is 13.9. The third-order valence-electron chi connectivity index (χ3n) is 7.94. The van der Waals surface area contributed by atoms with Crippen LogP contribution in [-0.4, -0.2) is 77.2 Å². The zero-order chi connectivity index (χ0) is 27.9. The van der Waals surface area contributed by atoms with Crippen LogP contribution in [0.25, 0.3) is 10.9 Å². The summed E-state index contributed by atoms with van der Waals surface area (Å²) < 4.78 is 0. The number of urea groups is 1. The second kappa shape index (κ2) is 13.1. The smallest absolute Gasteiger partial charge is 0.324 e. The van der Waals surface area contributed by atoms with Crippen LogP contribution < -0.4 is 10.6 Å². The Kier molecular flexibility index (Phi) is 9.56. The number of likely N-dealkylation sites (tertiary alicyclic amines) is 1. The number of amides is 4. The highest BCUT2D eigenvalue weighted by molar-refractivity contribution is 5.96. The van der Waals surface area contributed by atoms with Gasteiger partial charge in [-0.1, -0.05) is 18.2 Å². The Morgan fingerprint density at radius 3 is 2.74 bits per heavy atom. The molecule has 0 unspecified atom stereocenters. The highest BCUT2D eigenvalue weighted by Gasteiger charge is 2.43. The fourth-order valence-electron chi connectivity index (χ4n) is 6.18. The summed E-state index contributed by atoms with van der Waals surface area (Å²) in [7, 11) is 0. The molecule has 1 fully saturated rings. The van der Waals surface area contributed by atoms with Crippen LogP contribution in [0.15, 0.2) is 37.1 Å². The predicted molar refractivity (Wildman–Crippen MR) is 151 cm³/mol. The van der Waals surface area contributed by atoms with E-state index in [1.807, 2.05) is 13.0 Å². The molecule has 2 aliphatic rings. The SMILES string of the molecule is C=CCN1C[C@H](C(=O)N(CCCNC(=O)CCCC(C)=O)C(=O)NCC)C[C@@H]2c3cccc4[nH]cc(c34)C[C@H]21. The number of benzene rings is 1. The minimum Gasteiger partial charge on any atom is -0.361 e. The average molecular weight is 536 g/mol. The lowest BCUT2D eigenvalue weighted by molar-refractivity contribution is -0.135. The summed E-state index contributed by atoms with van der Waals surface area (Å²) in [6.45, 7) is 9.56. The van der Waals surface area contributed by atoms with E-state index in [4.69, 9.17) is 0 Å². The van der Waals surface area contributed by atoms with Gasteiger partial charge in [0.1, 0.15) is 5.78 Å². The summed E-state index contributed by atoms with van der Waals surface area (Å²) in [6, 6.07) is 6.22. The van der Waals surface area contributed by atoms with Gasteiger partial charge in [0, 0.05) is 74.6 Å². The van der Waals surface area contributed by atoms with Gasteiger partial charge in [0.2, 0.25) is 11.8 Å². The molecule has 3 N–H and O–H groups in total. The van der Waals surface area contributed by atoms with Gasteiger partial charge in [0.15, 0.2) is 0 Å². The van der Waals surface area contributed by atoms with E-state index in [-0.39, 0.29) is 48.4 Å². The van der Waals surface area contributed by atoms with Gasteiger partial charge in [-0.15, -0.1) is 6.58 Å². The minimum atomic E-state index is -0.397. The molecule has 0 spiro atoms. The molecule has 9 heteroatoms. The molecular weight excluding hydrogens is 494 g/mol. The summed E-state index contributed by atoms with van der Waals surface area (Å²) in [6.07, 6.45) is 7.25. The number of hydrogen-bond donors (Lipinski definition) is 3. The van der Waals surface area contributed by atoms with Gasteiger partial charge in [0.25, 0.3) is 0 Å². The van der Waals surface area contributed by atoms with Crippen LogP contribution in [0.1, 0.15) is 63.0 Å². The van der Waals surface area contributed by atoms with Crippen LogP contribution in [0.3, 0.4) is 0 Å². The molecule has 0 bridgehead atoms. The molecule has 1 saturated heterocycles. The molecule has 4 amide bonds. The quantitative estimate of drug-likeness (QED) is 0.284. The van der Waals surface area contributed by atoms with Crippen molar-refractivity contribution in [2.75, 3.05) is 32.7 Å². The first kappa shape index (κ1) is 28.5. The van der Waals surface area contributed by atoms with Gasteiger partial charge in [0.05, 0.1) is 5.92 Å². The number of aromatic nitrogens is 1. The van der Waals surface area contributed by atoms with Crippen molar-refractivity contribution in [1.29, 1.82) is 0 Å². The number of piperidine rings is 1. The predicted octanol–water partition coefficient (Wildman–Crippen LogP) is 3.51. The van der Waals surface area contributed by atoms with E-state index in [9.17, 15) is 19.2 Å². The van der Waals surface area contributed by atoms with Crippen molar-refractivity contribution in [3.05, 3.63) is 48.2 Å². The highest BCUT2D eigenvalue weighted by Crippen LogP contribution is 2.45. The molecule has 0 radical (unpaired) electrons. The van der Waals surface area contributed by atoms with Gasteiger partial charge >= 0.3 is 6.03 Å². The molecule has 2 heterocycles. The topological polar surface area (TPSA) is 115 Å². The van der Waals surface area contributed by atoms with Crippen molar-refractivity contribution < 1.29 is 19.2 Å². The van der Waals surface area contributed by atoms with Crippen molar-refractivity contribution >= 4 is 34.5 Å². The van der Waals surface area contributed by atoms with Crippen LogP contribution in [0, 0.1) is 5.92 Å². The zero-order valence-corrected chi connectivity index (χ0v) is 23.1. The third-order valence-corrected chi connectivity index (χ3v) is 7.94. The fourth-order valence-corrected chi connectivity index (χ4v) is 6.18. The summed E-state index contributed by atoms with van der Waals surface area (Å²) in [4.78, 5) is 57.1. The van der Waals surface area contributed by atoms with E-state index in [1.165, 1.54) is 28.3 Å². The first-order chi connectivity index (χ1) is 18.8. The van der Waals surface area contributed by atoms with Crippen LogP contribution in [0.4, 0.5) is 4.79 Å². The van der Waals surface area contributed by atoms with E-state index in [1.54, 1.807) is 0 Å². The van der Waals surface area contributed by atoms with E-state index >= 15 is 0 Å². The first-order valence-electron chi connectivity index (χ1n) is 14.1. The normalized spacial score (nSPS) is 20.2. The van der Waals surface area contributed by atoms with Gasteiger partial charge in [-0.25, -0.2) is 4.79 Å². The lowest BCUT2D eigenvalue weighted by Crippen LogP contribution is -2.55. The summed E-state index contributed by atoms with van der Waals surface area (Å²) in [5.41, 5.74) is 3.70. The second-order valence-corrected chi connectivity index (χ2v) is 10.7. The average Bonchev–Trinajstić information content (AvgIpc) is 3.33. The zero-order valence-electron chi connectivity index (χ0n) is 23.1. The maximum atomic E-state index is 13.9. The fraction of sp³-hybridized carbons (Fsp3) is 0.533. The molecule has 2 aromatic rings. The molecule has 0 saturated carbocycles. The number of carbonyl (C=O) groups is 4. The summed E-state index contributed by atoms with van der Waals surface area (Å²) in [5, 5.41) is 6.89. The molecule has 3 atom stereocenters.